The lowest BCUT2D eigenvalue weighted by Gasteiger charge is -2.08. The minimum absolute atomic E-state index is 0.0442. The minimum Gasteiger partial charge on any atom is -0.491 e. The van der Waals surface area contributed by atoms with E-state index in [1.54, 1.807) is 42.5 Å². The van der Waals surface area contributed by atoms with Gasteiger partial charge in [0.25, 0.3) is 10.1 Å². The van der Waals surface area contributed by atoms with E-state index >= 15 is 0 Å². The molecular weight excluding hydrogens is 358 g/mol. The fourth-order valence-corrected chi connectivity index (χ4v) is 2.88. The van der Waals surface area contributed by atoms with Crippen LogP contribution in [0.5, 0.6) is 5.75 Å². The van der Waals surface area contributed by atoms with Crippen LogP contribution < -0.4 is 10.5 Å². The van der Waals surface area contributed by atoms with Gasteiger partial charge in [0.1, 0.15) is 12.4 Å². The highest BCUT2D eigenvalue weighted by Crippen LogP contribution is 2.13. The average molecular weight is 381 g/mol. The summed E-state index contributed by atoms with van der Waals surface area (Å²) >= 11 is 0. The normalized spacial score (nSPS) is 11.4. The molecular formula is C18H23NO6S. The summed E-state index contributed by atoms with van der Waals surface area (Å²) < 4.78 is 44.7. The van der Waals surface area contributed by atoms with E-state index in [0.29, 0.717) is 32.1 Å². The van der Waals surface area contributed by atoms with Gasteiger partial charge in [-0.2, -0.15) is 8.42 Å². The number of nitrogens with two attached hydrogens (primary N) is 1. The zero-order chi connectivity index (χ0) is 18.7. The predicted octanol–water partition coefficient (Wildman–Crippen LogP) is 2.09. The van der Waals surface area contributed by atoms with Crippen molar-refractivity contribution in [3.05, 3.63) is 54.6 Å². The minimum atomic E-state index is -3.73. The quantitative estimate of drug-likeness (QED) is 0.341. The molecule has 2 N–H and O–H groups in total. The third-order valence-corrected chi connectivity index (χ3v) is 4.57. The zero-order valence-corrected chi connectivity index (χ0v) is 15.2. The van der Waals surface area contributed by atoms with Crippen LogP contribution in [-0.2, 0) is 23.8 Å². The van der Waals surface area contributed by atoms with Gasteiger partial charge >= 0.3 is 0 Å². The lowest BCUT2D eigenvalue weighted by molar-refractivity contribution is 0.0279. The fourth-order valence-electron chi connectivity index (χ4n) is 1.96. The number of anilines is 1. The van der Waals surface area contributed by atoms with Gasteiger partial charge in [0, 0.05) is 5.69 Å². The Bertz CT molecular complexity index is 734. The van der Waals surface area contributed by atoms with Crippen LogP contribution in [0.4, 0.5) is 5.69 Å². The Labute approximate surface area is 153 Å². The second-order valence-corrected chi connectivity index (χ2v) is 6.85. The Hall–Kier alpha value is -2.13. The first kappa shape index (κ1) is 20.2. The van der Waals surface area contributed by atoms with Crippen LogP contribution in [0.2, 0.25) is 0 Å². The molecule has 0 spiro atoms. The standard InChI is InChI=1S/C18H23NO6S/c19-16-6-8-17(9-7-16)24-14-12-22-10-11-23-13-15-25-26(20,21)18-4-2-1-3-5-18/h1-9H,10-15,19H2. The highest BCUT2D eigenvalue weighted by molar-refractivity contribution is 7.86. The smallest absolute Gasteiger partial charge is 0.297 e. The van der Waals surface area contributed by atoms with Crippen LogP contribution in [0.25, 0.3) is 0 Å². The van der Waals surface area contributed by atoms with Crippen molar-refractivity contribution in [2.24, 2.45) is 0 Å². The number of benzene rings is 2. The summed E-state index contributed by atoms with van der Waals surface area (Å²) in [5.41, 5.74) is 6.27. The molecule has 2 rings (SSSR count). The molecule has 8 heteroatoms. The number of nitrogen functional groups attached to an aromatic ring is 1. The molecule has 0 amide bonds. The van der Waals surface area contributed by atoms with E-state index in [4.69, 9.17) is 24.1 Å². The Morgan fingerprint density at radius 3 is 1.96 bits per heavy atom. The maximum atomic E-state index is 11.9. The molecule has 142 valence electrons. The molecule has 7 nitrogen and oxygen atoms in total. The molecule has 0 aromatic heterocycles. The Kier molecular flexibility index (Phi) is 8.36. The van der Waals surface area contributed by atoms with Crippen LogP contribution in [0.15, 0.2) is 59.5 Å². The van der Waals surface area contributed by atoms with E-state index in [9.17, 15) is 8.42 Å². The van der Waals surface area contributed by atoms with Gasteiger partial charge in [-0.1, -0.05) is 18.2 Å². The zero-order valence-electron chi connectivity index (χ0n) is 14.4. The largest absolute Gasteiger partial charge is 0.491 e. The number of hydrogen-bond donors (Lipinski definition) is 1. The topological polar surface area (TPSA) is 97.1 Å². The van der Waals surface area contributed by atoms with Crippen molar-refractivity contribution >= 4 is 15.8 Å². The van der Waals surface area contributed by atoms with E-state index in [2.05, 4.69) is 0 Å². The molecule has 0 atom stereocenters. The van der Waals surface area contributed by atoms with Gasteiger partial charge in [0.2, 0.25) is 0 Å². The third-order valence-electron chi connectivity index (χ3n) is 3.25. The van der Waals surface area contributed by atoms with Gasteiger partial charge in [-0.05, 0) is 36.4 Å². The molecule has 0 aliphatic heterocycles. The Balaban J connectivity index is 1.46. The van der Waals surface area contributed by atoms with Crippen molar-refractivity contribution in [2.45, 2.75) is 4.90 Å². The summed E-state index contributed by atoms with van der Waals surface area (Å²) in [5, 5.41) is 0. The molecule has 0 heterocycles. The summed E-state index contributed by atoms with van der Waals surface area (Å²) in [4.78, 5) is 0.129. The van der Waals surface area contributed by atoms with Crippen molar-refractivity contribution in [3.63, 3.8) is 0 Å². The first-order chi connectivity index (χ1) is 12.6. The Morgan fingerprint density at radius 2 is 1.31 bits per heavy atom. The molecule has 0 saturated carbocycles. The first-order valence-corrected chi connectivity index (χ1v) is 9.57. The summed E-state index contributed by atoms with van der Waals surface area (Å²) in [6, 6.07) is 15.1. The average Bonchev–Trinajstić information content (AvgIpc) is 2.65. The van der Waals surface area contributed by atoms with Crippen LogP contribution in [0.1, 0.15) is 0 Å². The van der Waals surface area contributed by atoms with E-state index in [1.807, 2.05) is 0 Å². The van der Waals surface area contributed by atoms with E-state index in [-0.39, 0.29) is 18.1 Å². The molecule has 2 aromatic carbocycles. The van der Waals surface area contributed by atoms with Crippen LogP contribution in [-0.4, -0.2) is 48.1 Å². The predicted molar refractivity (Wildman–Crippen MR) is 97.6 cm³/mol. The van der Waals surface area contributed by atoms with Gasteiger partial charge in [0.15, 0.2) is 0 Å². The third kappa shape index (κ3) is 7.40. The SMILES string of the molecule is Nc1ccc(OCCOCCOCCOS(=O)(=O)c2ccccc2)cc1. The second kappa shape index (κ2) is 10.8. The van der Waals surface area contributed by atoms with Gasteiger partial charge < -0.3 is 19.9 Å². The molecule has 0 unspecified atom stereocenters. The van der Waals surface area contributed by atoms with Crippen molar-refractivity contribution in [1.82, 2.24) is 0 Å². The highest BCUT2D eigenvalue weighted by Gasteiger charge is 2.13. The van der Waals surface area contributed by atoms with Gasteiger partial charge in [-0.25, -0.2) is 0 Å². The second-order valence-electron chi connectivity index (χ2n) is 5.23. The summed E-state index contributed by atoms with van der Waals surface area (Å²) in [6.45, 7) is 1.69. The molecule has 0 aliphatic carbocycles. The van der Waals surface area contributed by atoms with E-state index < -0.39 is 10.1 Å². The van der Waals surface area contributed by atoms with Gasteiger partial charge in [-0.3, -0.25) is 4.18 Å². The number of ether oxygens (including phenoxy) is 3. The van der Waals surface area contributed by atoms with Crippen LogP contribution >= 0.6 is 0 Å². The van der Waals surface area contributed by atoms with Crippen LogP contribution in [0.3, 0.4) is 0 Å². The summed E-state index contributed by atoms with van der Waals surface area (Å²) in [6.07, 6.45) is 0. The molecule has 0 aliphatic rings. The monoisotopic (exact) mass is 381 g/mol. The molecule has 2 aromatic rings. The summed E-state index contributed by atoms with van der Waals surface area (Å²) in [5.74, 6) is 0.732. The molecule has 0 bridgehead atoms. The fraction of sp³-hybridized carbons (Fsp3) is 0.333. The van der Waals surface area contributed by atoms with E-state index in [0.717, 1.165) is 5.75 Å². The van der Waals surface area contributed by atoms with Crippen LogP contribution in [0, 0.1) is 0 Å². The first-order valence-electron chi connectivity index (χ1n) is 8.16. The molecule has 26 heavy (non-hydrogen) atoms. The molecule has 0 radical (unpaired) electrons. The Morgan fingerprint density at radius 1 is 0.731 bits per heavy atom. The summed E-state index contributed by atoms with van der Waals surface area (Å²) in [7, 11) is -3.73. The highest BCUT2D eigenvalue weighted by atomic mass is 32.2. The van der Waals surface area contributed by atoms with Crippen molar-refractivity contribution in [1.29, 1.82) is 0 Å². The van der Waals surface area contributed by atoms with Crippen molar-refractivity contribution in [2.75, 3.05) is 45.4 Å². The maximum Gasteiger partial charge on any atom is 0.297 e. The van der Waals surface area contributed by atoms with Gasteiger partial charge in [0.05, 0.1) is 37.9 Å². The van der Waals surface area contributed by atoms with Crippen molar-refractivity contribution < 1.29 is 26.8 Å². The number of rotatable bonds is 12. The van der Waals surface area contributed by atoms with Crippen molar-refractivity contribution in [3.8, 4) is 5.75 Å². The molecule has 0 fully saturated rings. The maximum absolute atomic E-state index is 11.9. The number of hydrogen-bond acceptors (Lipinski definition) is 7. The van der Waals surface area contributed by atoms with E-state index in [1.165, 1.54) is 12.1 Å². The molecule has 0 saturated heterocycles. The van der Waals surface area contributed by atoms with Gasteiger partial charge in [-0.15, -0.1) is 0 Å². The lowest BCUT2D eigenvalue weighted by atomic mass is 10.3. The lowest BCUT2D eigenvalue weighted by Crippen LogP contribution is -2.14.